The van der Waals surface area contributed by atoms with Crippen molar-refractivity contribution in [2.75, 3.05) is 0 Å². The molecular formula is C16H20N2. The van der Waals surface area contributed by atoms with Crippen LogP contribution in [0.2, 0.25) is 0 Å². The molecule has 0 heterocycles. The number of benzene rings is 1. The molecule has 0 aromatic heterocycles. The van der Waals surface area contributed by atoms with Gasteiger partial charge in [-0.25, -0.2) is 4.99 Å². The fraction of sp³-hybridized carbons (Fsp3) is 0.312. The summed E-state index contributed by atoms with van der Waals surface area (Å²) in [4.78, 5) is 4.61. The van der Waals surface area contributed by atoms with Gasteiger partial charge in [0, 0.05) is 11.3 Å². The fourth-order valence-corrected chi connectivity index (χ4v) is 2.09. The third-order valence-corrected chi connectivity index (χ3v) is 3.22. The van der Waals surface area contributed by atoms with E-state index < -0.39 is 0 Å². The lowest BCUT2D eigenvalue weighted by Crippen LogP contribution is -2.14. The minimum absolute atomic E-state index is 0.617. The largest absolute Gasteiger partial charge is 0.383 e. The molecule has 1 aromatic carbocycles. The van der Waals surface area contributed by atoms with Gasteiger partial charge in [-0.2, -0.15) is 0 Å². The van der Waals surface area contributed by atoms with Crippen molar-refractivity contribution in [3.8, 4) is 0 Å². The van der Waals surface area contributed by atoms with Gasteiger partial charge < -0.3 is 5.73 Å². The summed E-state index contributed by atoms with van der Waals surface area (Å²) in [6.45, 7) is 4.23. The first kappa shape index (κ1) is 12.6. The van der Waals surface area contributed by atoms with Crippen LogP contribution in [-0.4, -0.2) is 5.84 Å². The second-order valence-corrected chi connectivity index (χ2v) is 4.63. The maximum Gasteiger partial charge on any atom is 0.130 e. The van der Waals surface area contributed by atoms with E-state index in [1.54, 1.807) is 0 Å². The molecule has 0 aliphatic heterocycles. The van der Waals surface area contributed by atoms with Gasteiger partial charge in [0.15, 0.2) is 0 Å². The molecule has 0 saturated heterocycles. The van der Waals surface area contributed by atoms with Crippen LogP contribution in [0.4, 0.5) is 0 Å². The highest BCUT2D eigenvalue weighted by Crippen LogP contribution is 2.22. The van der Waals surface area contributed by atoms with Crippen LogP contribution < -0.4 is 5.73 Å². The Morgan fingerprint density at radius 2 is 2.00 bits per heavy atom. The molecule has 1 aliphatic carbocycles. The van der Waals surface area contributed by atoms with Gasteiger partial charge in [0.05, 0.1) is 0 Å². The number of aryl methyl sites for hydroxylation is 1. The number of rotatable bonds is 3. The predicted octanol–water partition coefficient (Wildman–Crippen LogP) is 3.71. The standard InChI is InChI=1S/C16H20N2/c1-3-13-6-4-5-7-15(13)18-16(17)14-10-8-12(2)9-11-14/h4,6,8-11H,3,5,7H2,1-2H3,(H2,17,18). The van der Waals surface area contributed by atoms with Crippen molar-refractivity contribution < 1.29 is 0 Å². The monoisotopic (exact) mass is 240 g/mol. The Hall–Kier alpha value is -1.83. The maximum atomic E-state index is 6.08. The molecule has 0 bridgehead atoms. The van der Waals surface area contributed by atoms with Crippen LogP contribution >= 0.6 is 0 Å². The van der Waals surface area contributed by atoms with E-state index in [2.05, 4.69) is 43.1 Å². The van der Waals surface area contributed by atoms with Crippen molar-refractivity contribution in [1.82, 2.24) is 0 Å². The van der Waals surface area contributed by atoms with Crippen LogP contribution in [-0.2, 0) is 0 Å². The van der Waals surface area contributed by atoms with Crippen molar-refractivity contribution in [2.24, 2.45) is 10.7 Å². The zero-order valence-corrected chi connectivity index (χ0v) is 11.1. The lowest BCUT2D eigenvalue weighted by molar-refractivity contribution is 0.896. The topological polar surface area (TPSA) is 38.4 Å². The molecular weight excluding hydrogens is 220 g/mol. The highest BCUT2D eigenvalue weighted by Gasteiger charge is 2.07. The lowest BCUT2D eigenvalue weighted by atomic mass is 10.0. The molecule has 0 fully saturated rings. The van der Waals surface area contributed by atoms with Crippen LogP contribution in [0.1, 0.15) is 37.3 Å². The minimum Gasteiger partial charge on any atom is -0.383 e. The summed E-state index contributed by atoms with van der Waals surface area (Å²) in [6.07, 6.45) is 7.44. The molecule has 0 atom stereocenters. The van der Waals surface area contributed by atoms with E-state index in [1.165, 1.54) is 11.1 Å². The number of aliphatic imine (C=N–C) groups is 1. The first-order chi connectivity index (χ1) is 8.70. The van der Waals surface area contributed by atoms with Crippen molar-refractivity contribution in [3.63, 3.8) is 0 Å². The van der Waals surface area contributed by atoms with Gasteiger partial charge in [0.2, 0.25) is 0 Å². The van der Waals surface area contributed by atoms with Crippen molar-refractivity contribution in [2.45, 2.75) is 33.1 Å². The first-order valence-electron chi connectivity index (χ1n) is 6.50. The molecule has 2 nitrogen and oxygen atoms in total. The quantitative estimate of drug-likeness (QED) is 0.634. The summed E-state index contributed by atoms with van der Waals surface area (Å²) in [5, 5.41) is 0. The van der Waals surface area contributed by atoms with Crippen molar-refractivity contribution in [1.29, 1.82) is 0 Å². The van der Waals surface area contributed by atoms with Gasteiger partial charge >= 0.3 is 0 Å². The zero-order chi connectivity index (χ0) is 13.0. The highest BCUT2D eigenvalue weighted by molar-refractivity contribution is 5.98. The van der Waals surface area contributed by atoms with Gasteiger partial charge in [0.1, 0.15) is 5.84 Å². The van der Waals surface area contributed by atoms with E-state index in [1.807, 2.05) is 12.1 Å². The van der Waals surface area contributed by atoms with Gasteiger partial charge in [-0.15, -0.1) is 0 Å². The Morgan fingerprint density at radius 1 is 1.28 bits per heavy atom. The predicted molar refractivity (Wildman–Crippen MR) is 77.6 cm³/mol. The molecule has 2 N–H and O–H groups in total. The molecule has 0 saturated carbocycles. The Balaban J connectivity index is 2.29. The van der Waals surface area contributed by atoms with Gasteiger partial charge in [-0.1, -0.05) is 48.9 Å². The van der Waals surface area contributed by atoms with E-state index >= 15 is 0 Å². The van der Waals surface area contributed by atoms with Crippen molar-refractivity contribution >= 4 is 5.84 Å². The first-order valence-corrected chi connectivity index (χ1v) is 6.50. The van der Waals surface area contributed by atoms with E-state index in [0.717, 1.165) is 30.5 Å². The van der Waals surface area contributed by atoms with Gasteiger partial charge in [-0.3, -0.25) is 0 Å². The van der Waals surface area contributed by atoms with Gasteiger partial charge in [-0.05, 0) is 31.8 Å². The van der Waals surface area contributed by atoms with Crippen LogP contribution in [0.15, 0.2) is 52.7 Å². The second-order valence-electron chi connectivity index (χ2n) is 4.63. The number of amidine groups is 1. The van der Waals surface area contributed by atoms with Crippen molar-refractivity contribution in [3.05, 3.63) is 58.8 Å². The molecule has 18 heavy (non-hydrogen) atoms. The molecule has 1 aromatic rings. The van der Waals surface area contributed by atoms with Crippen LogP contribution in [0, 0.1) is 6.92 Å². The molecule has 2 heteroatoms. The number of hydrogen-bond acceptors (Lipinski definition) is 1. The highest BCUT2D eigenvalue weighted by atomic mass is 14.9. The molecule has 0 amide bonds. The summed E-state index contributed by atoms with van der Waals surface area (Å²) in [5.41, 5.74) is 10.8. The molecule has 0 radical (unpaired) electrons. The Labute approximate surface area is 109 Å². The molecule has 0 spiro atoms. The average Bonchev–Trinajstić information content (AvgIpc) is 2.40. The fourth-order valence-electron chi connectivity index (χ4n) is 2.09. The van der Waals surface area contributed by atoms with Crippen LogP contribution in [0.25, 0.3) is 0 Å². The smallest absolute Gasteiger partial charge is 0.130 e. The number of nitrogens with zero attached hydrogens (tertiary/aromatic N) is 1. The third kappa shape index (κ3) is 2.89. The lowest BCUT2D eigenvalue weighted by Gasteiger charge is -2.12. The summed E-state index contributed by atoms with van der Waals surface area (Å²) in [5.74, 6) is 0.617. The van der Waals surface area contributed by atoms with Gasteiger partial charge in [0.25, 0.3) is 0 Å². The Bertz CT molecular complexity index is 504. The van der Waals surface area contributed by atoms with E-state index in [4.69, 9.17) is 5.73 Å². The molecule has 2 rings (SSSR count). The summed E-state index contributed by atoms with van der Waals surface area (Å²) in [6, 6.07) is 8.18. The third-order valence-electron chi connectivity index (χ3n) is 3.22. The summed E-state index contributed by atoms with van der Waals surface area (Å²) >= 11 is 0. The number of hydrogen-bond donors (Lipinski definition) is 1. The van der Waals surface area contributed by atoms with E-state index in [0.29, 0.717) is 5.84 Å². The summed E-state index contributed by atoms with van der Waals surface area (Å²) < 4.78 is 0. The number of allylic oxidation sites excluding steroid dienone is 4. The molecule has 94 valence electrons. The molecule has 0 unspecified atom stereocenters. The maximum absolute atomic E-state index is 6.08. The van der Waals surface area contributed by atoms with Crippen LogP contribution in [0.5, 0.6) is 0 Å². The second kappa shape index (κ2) is 5.67. The summed E-state index contributed by atoms with van der Waals surface area (Å²) in [7, 11) is 0. The Kier molecular flexibility index (Phi) is 3.98. The molecule has 1 aliphatic rings. The Morgan fingerprint density at radius 3 is 2.67 bits per heavy atom. The normalized spacial score (nSPS) is 16.2. The minimum atomic E-state index is 0.617. The van der Waals surface area contributed by atoms with Crippen LogP contribution in [0.3, 0.4) is 0 Å². The average molecular weight is 240 g/mol. The zero-order valence-electron chi connectivity index (χ0n) is 11.1. The SMILES string of the molecule is CCC1=C(/N=C(/N)c2ccc(C)cc2)CCC=C1. The van der Waals surface area contributed by atoms with E-state index in [-0.39, 0.29) is 0 Å². The van der Waals surface area contributed by atoms with E-state index in [9.17, 15) is 0 Å². The number of nitrogens with two attached hydrogens (primary N) is 1.